The van der Waals surface area contributed by atoms with Crippen molar-refractivity contribution in [3.63, 3.8) is 0 Å². The molecule has 5 heteroatoms. The molecule has 3 rings (SSSR count). The van der Waals surface area contributed by atoms with Gasteiger partial charge in [0.25, 0.3) is 5.91 Å². The Morgan fingerprint density at radius 3 is 2.54 bits per heavy atom. The van der Waals surface area contributed by atoms with Crippen molar-refractivity contribution < 1.29 is 9.53 Å². The van der Waals surface area contributed by atoms with E-state index >= 15 is 0 Å². The average molecular weight is 319 g/mol. The normalized spacial score (nSPS) is 10.2. The second-order valence-corrected chi connectivity index (χ2v) is 5.34. The third-order valence-corrected chi connectivity index (χ3v) is 3.41. The number of ether oxygens (including phenoxy) is 1. The number of rotatable bonds is 5. The molecule has 0 spiro atoms. The number of anilines is 1. The Labute approximate surface area is 140 Å². The fourth-order valence-corrected chi connectivity index (χ4v) is 2.11. The fourth-order valence-electron chi connectivity index (χ4n) is 2.11. The van der Waals surface area contributed by atoms with Gasteiger partial charge in [0.05, 0.1) is 0 Å². The van der Waals surface area contributed by atoms with Crippen molar-refractivity contribution in [3.05, 3.63) is 83.8 Å². The Morgan fingerprint density at radius 1 is 1.04 bits per heavy atom. The van der Waals surface area contributed by atoms with Crippen molar-refractivity contribution in [3.8, 4) is 5.88 Å². The Balaban J connectivity index is 1.65. The Kier molecular flexibility index (Phi) is 4.81. The van der Waals surface area contributed by atoms with Gasteiger partial charge in [0.15, 0.2) is 0 Å². The monoisotopic (exact) mass is 319 g/mol. The number of benzene rings is 2. The van der Waals surface area contributed by atoms with Crippen LogP contribution in [0.15, 0.2) is 67.0 Å². The van der Waals surface area contributed by atoms with E-state index in [-0.39, 0.29) is 11.6 Å². The molecule has 0 aliphatic rings. The van der Waals surface area contributed by atoms with Crippen LogP contribution in [0.2, 0.25) is 0 Å². The van der Waals surface area contributed by atoms with Gasteiger partial charge in [0.2, 0.25) is 5.88 Å². The molecule has 24 heavy (non-hydrogen) atoms. The minimum atomic E-state index is -0.300. The second kappa shape index (κ2) is 7.37. The third-order valence-electron chi connectivity index (χ3n) is 3.41. The summed E-state index contributed by atoms with van der Waals surface area (Å²) in [7, 11) is 0. The molecule has 0 bridgehead atoms. The molecule has 0 saturated carbocycles. The van der Waals surface area contributed by atoms with Crippen LogP contribution >= 0.6 is 0 Å². The van der Waals surface area contributed by atoms with Crippen LogP contribution in [0, 0.1) is 6.92 Å². The summed E-state index contributed by atoms with van der Waals surface area (Å²) in [5.41, 5.74) is 3.14. The molecule has 1 amide bonds. The highest BCUT2D eigenvalue weighted by Gasteiger charge is 2.10. The van der Waals surface area contributed by atoms with E-state index in [2.05, 4.69) is 15.3 Å². The molecule has 0 fully saturated rings. The molecule has 120 valence electrons. The standard InChI is InChI=1S/C19H17N3O2/c1-14-7-9-16(10-8-14)22-19(23)17-11-18(21-13-20-17)24-12-15-5-3-2-4-6-15/h2-11,13H,12H2,1H3,(H,22,23). The summed E-state index contributed by atoms with van der Waals surface area (Å²) in [6.45, 7) is 2.38. The second-order valence-electron chi connectivity index (χ2n) is 5.34. The summed E-state index contributed by atoms with van der Waals surface area (Å²) < 4.78 is 5.62. The first kappa shape index (κ1) is 15.7. The lowest BCUT2D eigenvalue weighted by Gasteiger charge is -2.07. The zero-order valence-electron chi connectivity index (χ0n) is 13.3. The summed E-state index contributed by atoms with van der Waals surface area (Å²) in [5, 5.41) is 2.80. The molecule has 3 aromatic rings. The van der Waals surface area contributed by atoms with Crippen molar-refractivity contribution in [1.82, 2.24) is 9.97 Å². The zero-order valence-corrected chi connectivity index (χ0v) is 13.3. The van der Waals surface area contributed by atoms with Crippen LogP contribution in [0.3, 0.4) is 0 Å². The van der Waals surface area contributed by atoms with E-state index in [1.54, 1.807) is 0 Å². The van der Waals surface area contributed by atoms with E-state index in [9.17, 15) is 4.79 Å². The highest BCUT2D eigenvalue weighted by atomic mass is 16.5. The summed E-state index contributed by atoms with van der Waals surface area (Å²) in [6, 6.07) is 18.9. The van der Waals surface area contributed by atoms with Gasteiger partial charge in [-0.25, -0.2) is 9.97 Å². The first-order valence-corrected chi connectivity index (χ1v) is 7.57. The fraction of sp³-hybridized carbons (Fsp3) is 0.105. The quantitative estimate of drug-likeness (QED) is 0.780. The third kappa shape index (κ3) is 4.16. The number of amides is 1. The maximum atomic E-state index is 12.3. The Hall–Kier alpha value is -3.21. The highest BCUT2D eigenvalue weighted by molar-refractivity contribution is 6.02. The maximum absolute atomic E-state index is 12.3. The van der Waals surface area contributed by atoms with Crippen LogP contribution < -0.4 is 10.1 Å². The minimum absolute atomic E-state index is 0.258. The van der Waals surface area contributed by atoms with Crippen molar-refractivity contribution >= 4 is 11.6 Å². The van der Waals surface area contributed by atoms with Gasteiger partial charge < -0.3 is 10.1 Å². The number of hydrogen-bond acceptors (Lipinski definition) is 4. The van der Waals surface area contributed by atoms with Gasteiger partial charge in [-0.1, -0.05) is 48.0 Å². The molecular formula is C19H17N3O2. The van der Waals surface area contributed by atoms with Crippen molar-refractivity contribution in [2.24, 2.45) is 0 Å². The van der Waals surface area contributed by atoms with Crippen LogP contribution in [0.5, 0.6) is 5.88 Å². The van der Waals surface area contributed by atoms with Gasteiger partial charge in [-0.2, -0.15) is 0 Å². The van der Waals surface area contributed by atoms with Crippen LogP contribution in [0.4, 0.5) is 5.69 Å². The lowest BCUT2D eigenvalue weighted by Crippen LogP contribution is -2.14. The number of carbonyl (C=O) groups excluding carboxylic acids is 1. The smallest absolute Gasteiger partial charge is 0.274 e. The van der Waals surface area contributed by atoms with Gasteiger partial charge in [0, 0.05) is 11.8 Å². The summed E-state index contributed by atoms with van der Waals surface area (Å²) in [6.07, 6.45) is 1.32. The van der Waals surface area contributed by atoms with Crippen molar-refractivity contribution in [2.75, 3.05) is 5.32 Å². The predicted octanol–water partition coefficient (Wildman–Crippen LogP) is 3.62. The molecular weight excluding hydrogens is 302 g/mol. The molecule has 1 aromatic heterocycles. The summed E-state index contributed by atoms with van der Waals surface area (Å²) in [5.74, 6) is 0.0636. The SMILES string of the molecule is Cc1ccc(NC(=O)c2cc(OCc3ccccc3)ncn2)cc1. The van der Waals surface area contributed by atoms with E-state index in [4.69, 9.17) is 4.74 Å². The van der Waals surface area contributed by atoms with Crippen molar-refractivity contribution in [2.45, 2.75) is 13.5 Å². The topological polar surface area (TPSA) is 64.1 Å². The minimum Gasteiger partial charge on any atom is -0.473 e. The summed E-state index contributed by atoms with van der Waals surface area (Å²) in [4.78, 5) is 20.3. The van der Waals surface area contributed by atoms with Gasteiger partial charge in [-0.05, 0) is 24.6 Å². The Morgan fingerprint density at radius 2 is 1.79 bits per heavy atom. The number of aromatic nitrogens is 2. The predicted molar refractivity (Wildman–Crippen MR) is 91.9 cm³/mol. The lowest BCUT2D eigenvalue weighted by molar-refractivity contribution is 0.102. The molecule has 0 radical (unpaired) electrons. The van der Waals surface area contributed by atoms with E-state index in [1.165, 1.54) is 12.4 Å². The van der Waals surface area contributed by atoms with Gasteiger partial charge in [-0.15, -0.1) is 0 Å². The Bertz CT molecular complexity index is 818. The largest absolute Gasteiger partial charge is 0.473 e. The lowest BCUT2D eigenvalue weighted by atomic mass is 10.2. The van der Waals surface area contributed by atoms with E-state index < -0.39 is 0 Å². The highest BCUT2D eigenvalue weighted by Crippen LogP contribution is 2.13. The van der Waals surface area contributed by atoms with E-state index in [0.717, 1.165) is 16.8 Å². The average Bonchev–Trinajstić information content (AvgIpc) is 2.63. The molecule has 5 nitrogen and oxygen atoms in total. The van der Waals surface area contributed by atoms with Crippen LogP contribution in [0.25, 0.3) is 0 Å². The number of hydrogen-bond donors (Lipinski definition) is 1. The zero-order chi connectivity index (χ0) is 16.8. The number of aryl methyl sites for hydroxylation is 1. The molecule has 1 heterocycles. The van der Waals surface area contributed by atoms with E-state index in [1.807, 2.05) is 61.5 Å². The first-order valence-electron chi connectivity index (χ1n) is 7.57. The number of nitrogens with zero attached hydrogens (tertiary/aromatic N) is 2. The first-order chi connectivity index (χ1) is 11.7. The van der Waals surface area contributed by atoms with Crippen LogP contribution in [-0.4, -0.2) is 15.9 Å². The van der Waals surface area contributed by atoms with Crippen LogP contribution in [0.1, 0.15) is 21.6 Å². The van der Waals surface area contributed by atoms with Crippen LogP contribution in [-0.2, 0) is 6.61 Å². The molecule has 0 aliphatic carbocycles. The molecule has 0 saturated heterocycles. The number of carbonyl (C=O) groups is 1. The molecule has 0 atom stereocenters. The molecule has 0 unspecified atom stereocenters. The molecule has 1 N–H and O–H groups in total. The summed E-state index contributed by atoms with van der Waals surface area (Å²) >= 11 is 0. The molecule has 2 aromatic carbocycles. The van der Waals surface area contributed by atoms with Gasteiger partial charge in [-0.3, -0.25) is 4.79 Å². The van der Waals surface area contributed by atoms with Gasteiger partial charge >= 0.3 is 0 Å². The molecule has 0 aliphatic heterocycles. The maximum Gasteiger partial charge on any atom is 0.274 e. The van der Waals surface area contributed by atoms with Crippen molar-refractivity contribution in [1.29, 1.82) is 0 Å². The van der Waals surface area contributed by atoms with Gasteiger partial charge in [0.1, 0.15) is 18.6 Å². The number of nitrogens with one attached hydrogen (secondary N) is 1. The van der Waals surface area contributed by atoms with E-state index in [0.29, 0.717) is 12.5 Å².